The fraction of sp³-hybridized carbons (Fsp3) is 0. The van der Waals surface area contributed by atoms with Gasteiger partial charge in [-0.25, -0.2) is 0 Å². The van der Waals surface area contributed by atoms with Crippen LogP contribution in [0.25, 0.3) is 55.3 Å². The van der Waals surface area contributed by atoms with E-state index in [2.05, 4.69) is 169 Å². The third-order valence-electron chi connectivity index (χ3n) is 7.68. The molecule has 0 saturated heterocycles. The molecule has 7 aromatic rings. The Bertz CT molecular complexity index is 1920. The molecule has 7 rings (SSSR count). The lowest BCUT2D eigenvalue weighted by atomic mass is 9.89. The third-order valence-corrected chi connectivity index (χ3v) is 7.68. The fourth-order valence-electron chi connectivity index (χ4n) is 5.56. The van der Waals surface area contributed by atoms with Gasteiger partial charge in [0.1, 0.15) is 0 Å². The largest absolute Gasteiger partial charge is 0.356 e. The van der Waals surface area contributed by atoms with Gasteiger partial charge in [0.2, 0.25) is 0 Å². The minimum atomic E-state index is 1.07. The molecular weight excluding hydrogens is 494 g/mol. The Hall–Kier alpha value is -5.40. The zero-order chi connectivity index (χ0) is 27.4. The molecule has 0 unspecified atom stereocenters. The van der Waals surface area contributed by atoms with Crippen molar-refractivity contribution in [3.63, 3.8) is 0 Å². The summed E-state index contributed by atoms with van der Waals surface area (Å²) in [4.78, 5) is 0. The maximum absolute atomic E-state index is 3.55. The summed E-state index contributed by atoms with van der Waals surface area (Å²) in [5.41, 5.74) is 11.9. The molecule has 0 aromatic heterocycles. The van der Waals surface area contributed by atoms with E-state index in [1.165, 1.54) is 55.3 Å². The molecule has 0 atom stereocenters. The predicted molar refractivity (Wildman–Crippen MR) is 175 cm³/mol. The molecule has 0 spiro atoms. The molecule has 0 aliphatic heterocycles. The van der Waals surface area contributed by atoms with Gasteiger partial charge in [-0.1, -0.05) is 140 Å². The van der Waals surface area contributed by atoms with Gasteiger partial charge in [0, 0.05) is 11.4 Å². The lowest BCUT2D eigenvalue weighted by Gasteiger charge is -2.15. The van der Waals surface area contributed by atoms with E-state index in [4.69, 9.17) is 0 Å². The molecule has 0 fully saturated rings. The van der Waals surface area contributed by atoms with Gasteiger partial charge >= 0.3 is 0 Å². The highest BCUT2D eigenvalue weighted by Crippen LogP contribution is 2.39. The highest BCUT2D eigenvalue weighted by Gasteiger charge is 2.12. The summed E-state index contributed by atoms with van der Waals surface area (Å²) in [6.45, 7) is 0. The van der Waals surface area contributed by atoms with E-state index in [0.717, 1.165) is 11.4 Å². The molecule has 0 bridgehead atoms. The summed E-state index contributed by atoms with van der Waals surface area (Å²) in [5, 5.41) is 6.07. The van der Waals surface area contributed by atoms with E-state index in [-0.39, 0.29) is 0 Å². The smallest absolute Gasteiger partial charge is 0.0384 e. The molecule has 41 heavy (non-hydrogen) atoms. The van der Waals surface area contributed by atoms with Gasteiger partial charge in [0.25, 0.3) is 0 Å². The van der Waals surface area contributed by atoms with Crippen LogP contribution in [0.2, 0.25) is 0 Å². The second-order valence-corrected chi connectivity index (χ2v) is 10.3. The predicted octanol–water partition coefficient (Wildman–Crippen LogP) is 11.3. The Morgan fingerprint density at radius 2 is 0.805 bits per heavy atom. The number of rotatable bonds is 6. The van der Waals surface area contributed by atoms with Crippen LogP contribution in [0, 0.1) is 0 Å². The van der Waals surface area contributed by atoms with Crippen molar-refractivity contribution in [2.24, 2.45) is 0 Å². The summed E-state index contributed by atoms with van der Waals surface area (Å²) in [6.07, 6.45) is 0. The van der Waals surface area contributed by atoms with Crippen LogP contribution < -0.4 is 5.32 Å². The first-order valence-corrected chi connectivity index (χ1v) is 14.0. The van der Waals surface area contributed by atoms with Crippen molar-refractivity contribution in [3.05, 3.63) is 170 Å². The van der Waals surface area contributed by atoms with Gasteiger partial charge in [0.15, 0.2) is 0 Å². The molecule has 1 nitrogen and oxygen atoms in total. The summed E-state index contributed by atoms with van der Waals surface area (Å²) >= 11 is 0. The molecule has 0 amide bonds. The summed E-state index contributed by atoms with van der Waals surface area (Å²) in [6, 6.07) is 60.5. The van der Waals surface area contributed by atoms with E-state index < -0.39 is 0 Å². The van der Waals surface area contributed by atoms with Crippen molar-refractivity contribution >= 4 is 22.1 Å². The van der Waals surface area contributed by atoms with Crippen molar-refractivity contribution in [3.8, 4) is 44.5 Å². The monoisotopic (exact) mass is 523 g/mol. The third kappa shape index (κ3) is 5.14. The van der Waals surface area contributed by atoms with E-state index in [0.29, 0.717) is 0 Å². The van der Waals surface area contributed by atoms with E-state index >= 15 is 0 Å². The molecule has 0 aliphatic rings. The highest BCUT2D eigenvalue weighted by molar-refractivity contribution is 6.01. The Labute approximate surface area is 241 Å². The molecule has 0 aliphatic carbocycles. The molecule has 1 N–H and O–H groups in total. The van der Waals surface area contributed by atoms with Crippen LogP contribution in [-0.2, 0) is 0 Å². The Morgan fingerprint density at radius 1 is 0.293 bits per heavy atom. The van der Waals surface area contributed by atoms with Crippen molar-refractivity contribution in [1.82, 2.24) is 0 Å². The highest BCUT2D eigenvalue weighted by atomic mass is 14.9. The molecule has 0 radical (unpaired) electrons. The van der Waals surface area contributed by atoms with E-state index in [1.54, 1.807) is 0 Å². The molecule has 0 heterocycles. The SMILES string of the molecule is c1ccc(-c2ccc(Nc3ccc(-c4ccc(-c5cccc6ccccc56)c(-c5ccccc5)c4)cc3)cc2)cc1. The van der Waals surface area contributed by atoms with Crippen LogP contribution in [0.15, 0.2) is 170 Å². The Balaban J connectivity index is 1.20. The summed E-state index contributed by atoms with van der Waals surface area (Å²) < 4.78 is 0. The zero-order valence-electron chi connectivity index (χ0n) is 22.7. The maximum Gasteiger partial charge on any atom is 0.0384 e. The van der Waals surface area contributed by atoms with Gasteiger partial charge < -0.3 is 5.32 Å². The first kappa shape index (κ1) is 24.6. The topological polar surface area (TPSA) is 12.0 Å². The number of anilines is 2. The Morgan fingerprint density at radius 3 is 1.49 bits per heavy atom. The van der Waals surface area contributed by atoms with E-state index in [1.807, 2.05) is 6.07 Å². The molecule has 194 valence electrons. The molecule has 0 saturated carbocycles. The minimum absolute atomic E-state index is 1.07. The molecule has 1 heteroatoms. The average molecular weight is 524 g/mol. The standard InChI is InChI=1S/C40H29N/c1-3-10-29(11-4-1)30-18-23-35(24-19-30)41-36-25-20-31(21-26-36)34-22-27-39(40(28-34)33-12-5-2-6-13-33)38-17-9-15-32-14-7-8-16-37(32)38/h1-28,41H. The van der Waals surface area contributed by atoms with Crippen molar-refractivity contribution in [1.29, 1.82) is 0 Å². The summed E-state index contributed by atoms with van der Waals surface area (Å²) in [5.74, 6) is 0. The van der Waals surface area contributed by atoms with Crippen LogP contribution in [0.4, 0.5) is 11.4 Å². The minimum Gasteiger partial charge on any atom is -0.356 e. The van der Waals surface area contributed by atoms with Crippen LogP contribution in [0.1, 0.15) is 0 Å². The molecule has 7 aromatic carbocycles. The first-order chi connectivity index (χ1) is 20.3. The van der Waals surface area contributed by atoms with Crippen LogP contribution >= 0.6 is 0 Å². The maximum atomic E-state index is 3.55. The zero-order valence-corrected chi connectivity index (χ0v) is 22.7. The lowest BCUT2D eigenvalue weighted by Crippen LogP contribution is -1.91. The number of fused-ring (bicyclic) bond motifs is 1. The number of hydrogen-bond donors (Lipinski definition) is 1. The molecular formula is C40H29N. The van der Waals surface area contributed by atoms with Gasteiger partial charge in [-0.3, -0.25) is 0 Å². The Kier molecular flexibility index (Phi) is 6.61. The first-order valence-electron chi connectivity index (χ1n) is 14.0. The second kappa shape index (κ2) is 11.0. The van der Waals surface area contributed by atoms with E-state index in [9.17, 15) is 0 Å². The number of benzene rings is 7. The van der Waals surface area contributed by atoms with Crippen LogP contribution in [0.5, 0.6) is 0 Å². The second-order valence-electron chi connectivity index (χ2n) is 10.3. The van der Waals surface area contributed by atoms with Crippen LogP contribution in [0.3, 0.4) is 0 Å². The normalized spacial score (nSPS) is 10.9. The van der Waals surface area contributed by atoms with Gasteiger partial charge in [-0.15, -0.1) is 0 Å². The lowest BCUT2D eigenvalue weighted by molar-refractivity contribution is 1.53. The average Bonchev–Trinajstić information content (AvgIpc) is 3.06. The number of hydrogen-bond acceptors (Lipinski definition) is 1. The van der Waals surface area contributed by atoms with Crippen molar-refractivity contribution in [2.75, 3.05) is 5.32 Å². The van der Waals surface area contributed by atoms with Crippen LogP contribution in [-0.4, -0.2) is 0 Å². The van der Waals surface area contributed by atoms with Gasteiger partial charge in [-0.05, 0) is 85.6 Å². The van der Waals surface area contributed by atoms with Crippen molar-refractivity contribution in [2.45, 2.75) is 0 Å². The summed E-state index contributed by atoms with van der Waals surface area (Å²) in [7, 11) is 0. The van der Waals surface area contributed by atoms with Gasteiger partial charge in [-0.2, -0.15) is 0 Å². The quantitative estimate of drug-likeness (QED) is 0.229. The fourth-order valence-corrected chi connectivity index (χ4v) is 5.56. The van der Waals surface area contributed by atoms with Crippen molar-refractivity contribution < 1.29 is 0 Å². The number of nitrogens with one attached hydrogen (secondary N) is 1. The van der Waals surface area contributed by atoms with Gasteiger partial charge in [0.05, 0.1) is 0 Å².